The summed E-state index contributed by atoms with van der Waals surface area (Å²) in [5, 5.41) is 6.78. The van der Waals surface area contributed by atoms with E-state index in [1.807, 2.05) is 48.5 Å². The minimum Gasteiger partial charge on any atom is -0.497 e. The molecule has 6 heteroatoms. The number of ether oxygens (including phenoxy) is 1. The summed E-state index contributed by atoms with van der Waals surface area (Å²) < 4.78 is 5.22. The smallest absolute Gasteiger partial charge is 0.225 e. The Hall–Kier alpha value is -3.12. The minimum absolute atomic E-state index is 0.641. The molecule has 0 saturated carbocycles. The van der Waals surface area contributed by atoms with Crippen molar-refractivity contribution in [1.29, 1.82) is 0 Å². The Morgan fingerprint density at radius 2 is 1.69 bits per heavy atom. The van der Waals surface area contributed by atoms with Crippen molar-refractivity contribution in [3.63, 3.8) is 0 Å². The maximum Gasteiger partial charge on any atom is 0.225 e. The van der Waals surface area contributed by atoms with Crippen LogP contribution in [0.15, 0.2) is 60.7 Å². The molecule has 1 aromatic heterocycles. The van der Waals surface area contributed by atoms with Gasteiger partial charge in [-0.15, -0.1) is 0 Å². The summed E-state index contributed by atoms with van der Waals surface area (Å²) in [7, 11) is 5.83. The molecular formula is C23H29N5O. The fraction of sp³-hybridized carbons (Fsp3) is 0.304. The molecule has 1 heterocycles. The predicted octanol–water partition coefficient (Wildman–Crippen LogP) is 4.13. The minimum atomic E-state index is 0.641. The maximum atomic E-state index is 5.22. The lowest BCUT2D eigenvalue weighted by Gasteiger charge is -2.13. The van der Waals surface area contributed by atoms with Gasteiger partial charge in [0.15, 0.2) is 0 Å². The lowest BCUT2D eigenvalue weighted by Crippen LogP contribution is -2.17. The Balaban J connectivity index is 1.74. The van der Waals surface area contributed by atoms with Crippen LogP contribution in [-0.2, 0) is 6.54 Å². The van der Waals surface area contributed by atoms with Crippen molar-refractivity contribution in [1.82, 2.24) is 14.9 Å². The van der Waals surface area contributed by atoms with E-state index >= 15 is 0 Å². The highest BCUT2D eigenvalue weighted by Crippen LogP contribution is 2.22. The fourth-order valence-electron chi connectivity index (χ4n) is 2.91. The molecule has 0 atom stereocenters. The van der Waals surface area contributed by atoms with E-state index < -0.39 is 0 Å². The SMILES string of the molecule is COc1ccc(CNc2cc(-c3ccccc3)nc(NCCCN(C)C)n2)cc1. The van der Waals surface area contributed by atoms with Gasteiger partial charge in [-0.3, -0.25) is 0 Å². The van der Waals surface area contributed by atoms with E-state index in [-0.39, 0.29) is 0 Å². The Kier molecular flexibility index (Phi) is 7.41. The first-order valence-electron chi connectivity index (χ1n) is 9.84. The summed E-state index contributed by atoms with van der Waals surface area (Å²) in [6, 6.07) is 20.2. The molecule has 0 bridgehead atoms. The lowest BCUT2D eigenvalue weighted by atomic mass is 10.1. The van der Waals surface area contributed by atoms with E-state index in [0.717, 1.165) is 47.9 Å². The summed E-state index contributed by atoms with van der Waals surface area (Å²) >= 11 is 0. The van der Waals surface area contributed by atoms with Crippen LogP contribution in [0.25, 0.3) is 11.3 Å². The zero-order chi connectivity index (χ0) is 20.5. The van der Waals surface area contributed by atoms with Crippen LogP contribution >= 0.6 is 0 Å². The van der Waals surface area contributed by atoms with Crippen LogP contribution in [0.4, 0.5) is 11.8 Å². The van der Waals surface area contributed by atoms with Crippen molar-refractivity contribution in [2.75, 3.05) is 44.9 Å². The number of rotatable bonds is 10. The highest BCUT2D eigenvalue weighted by molar-refractivity contribution is 5.64. The van der Waals surface area contributed by atoms with Gasteiger partial charge in [-0.2, -0.15) is 4.98 Å². The third-order valence-electron chi connectivity index (χ3n) is 4.49. The summed E-state index contributed by atoms with van der Waals surface area (Å²) in [6.45, 7) is 2.53. The molecule has 0 saturated heterocycles. The van der Waals surface area contributed by atoms with E-state index in [0.29, 0.717) is 12.5 Å². The van der Waals surface area contributed by atoms with E-state index in [2.05, 4.69) is 46.7 Å². The molecule has 0 unspecified atom stereocenters. The standard InChI is InChI=1S/C23H29N5O/c1-28(2)15-7-14-24-23-26-21(19-8-5-4-6-9-19)16-22(27-23)25-17-18-10-12-20(29-3)13-11-18/h4-6,8-13,16H,7,14-15,17H2,1-3H3,(H2,24,25,26,27). The second-order valence-electron chi connectivity index (χ2n) is 7.11. The molecule has 6 nitrogen and oxygen atoms in total. The predicted molar refractivity (Wildman–Crippen MR) is 119 cm³/mol. The number of hydrogen-bond acceptors (Lipinski definition) is 6. The normalized spacial score (nSPS) is 10.8. The molecular weight excluding hydrogens is 362 g/mol. The molecule has 0 spiro atoms. The largest absolute Gasteiger partial charge is 0.497 e. The summed E-state index contributed by atoms with van der Waals surface area (Å²) in [5.41, 5.74) is 3.12. The van der Waals surface area contributed by atoms with Crippen molar-refractivity contribution in [3.8, 4) is 17.0 Å². The highest BCUT2D eigenvalue weighted by atomic mass is 16.5. The molecule has 2 N–H and O–H groups in total. The van der Waals surface area contributed by atoms with Crippen molar-refractivity contribution in [2.24, 2.45) is 0 Å². The number of hydrogen-bond donors (Lipinski definition) is 2. The molecule has 0 fully saturated rings. The van der Waals surface area contributed by atoms with Crippen LogP contribution in [0.1, 0.15) is 12.0 Å². The Morgan fingerprint density at radius 1 is 0.931 bits per heavy atom. The van der Waals surface area contributed by atoms with Crippen molar-refractivity contribution >= 4 is 11.8 Å². The summed E-state index contributed by atoms with van der Waals surface area (Å²) in [5.74, 6) is 2.29. The van der Waals surface area contributed by atoms with Gasteiger partial charge in [-0.05, 0) is 44.8 Å². The second kappa shape index (κ2) is 10.4. The zero-order valence-electron chi connectivity index (χ0n) is 17.4. The first kappa shape index (κ1) is 20.6. The van der Waals surface area contributed by atoms with Crippen LogP contribution in [-0.4, -0.2) is 49.2 Å². The number of nitrogens with one attached hydrogen (secondary N) is 2. The number of aromatic nitrogens is 2. The Bertz CT molecular complexity index is 882. The number of benzene rings is 2. The van der Waals surface area contributed by atoms with Gasteiger partial charge in [0.2, 0.25) is 5.95 Å². The van der Waals surface area contributed by atoms with Crippen molar-refractivity contribution < 1.29 is 4.74 Å². The first-order valence-corrected chi connectivity index (χ1v) is 9.84. The lowest BCUT2D eigenvalue weighted by molar-refractivity contribution is 0.405. The Labute approximate surface area is 173 Å². The molecule has 0 amide bonds. The van der Waals surface area contributed by atoms with Gasteiger partial charge in [0, 0.05) is 24.7 Å². The number of methoxy groups -OCH3 is 1. The monoisotopic (exact) mass is 391 g/mol. The van der Waals surface area contributed by atoms with E-state index in [9.17, 15) is 0 Å². The highest BCUT2D eigenvalue weighted by Gasteiger charge is 2.07. The van der Waals surface area contributed by atoms with Crippen LogP contribution in [0.5, 0.6) is 5.75 Å². The molecule has 152 valence electrons. The average molecular weight is 392 g/mol. The van der Waals surface area contributed by atoms with Crippen LogP contribution < -0.4 is 15.4 Å². The first-order chi connectivity index (χ1) is 14.1. The maximum absolute atomic E-state index is 5.22. The molecule has 29 heavy (non-hydrogen) atoms. The van der Waals surface area contributed by atoms with Crippen molar-refractivity contribution in [2.45, 2.75) is 13.0 Å². The average Bonchev–Trinajstić information content (AvgIpc) is 2.76. The molecule has 0 aliphatic carbocycles. The van der Waals surface area contributed by atoms with E-state index in [1.165, 1.54) is 0 Å². The zero-order valence-corrected chi connectivity index (χ0v) is 17.4. The summed E-state index contributed by atoms with van der Waals surface area (Å²) in [4.78, 5) is 11.5. The quantitative estimate of drug-likeness (QED) is 0.507. The molecule has 3 rings (SSSR count). The molecule has 0 radical (unpaired) electrons. The van der Waals surface area contributed by atoms with Crippen molar-refractivity contribution in [3.05, 3.63) is 66.2 Å². The molecule has 0 aliphatic rings. The van der Waals surface area contributed by atoms with Gasteiger partial charge < -0.3 is 20.3 Å². The van der Waals surface area contributed by atoms with Gasteiger partial charge in [0.05, 0.1) is 12.8 Å². The van der Waals surface area contributed by atoms with Gasteiger partial charge in [-0.1, -0.05) is 42.5 Å². The fourth-order valence-corrected chi connectivity index (χ4v) is 2.91. The van der Waals surface area contributed by atoms with Gasteiger partial charge >= 0.3 is 0 Å². The van der Waals surface area contributed by atoms with Gasteiger partial charge in [0.25, 0.3) is 0 Å². The molecule has 2 aromatic carbocycles. The topological polar surface area (TPSA) is 62.3 Å². The van der Waals surface area contributed by atoms with Gasteiger partial charge in [-0.25, -0.2) is 4.98 Å². The van der Waals surface area contributed by atoms with Crippen LogP contribution in [0.3, 0.4) is 0 Å². The second-order valence-corrected chi connectivity index (χ2v) is 7.11. The van der Waals surface area contributed by atoms with Gasteiger partial charge in [0.1, 0.15) is 11.6 Å². The third-order valence-corrected chi connectivity index (χ3v) is 4.49. The molecule has 3 aromatic rings. The van der Waals surface area contributed by atoms with E-state index in [1.54, 1.807) is 7.11 Å². The van der Waals surface area contributed by atoms with E-state index in [4.69, 9.17) is 9.72 Å². The third kappa shape index (κ3) is 6.47. The number of anilines is 2. The Morgan fingerprint density at radius 3 is 2.38 bits per heavy atom. The van der Waals surface area contributed by atoms with Crippen LogP contribution in [0.2, 0.25) is 0 Å². The number of nitrogens with zero attached hydrogens (tertiary/aromatic N) is 3. The molecule has 0 aliphatic heterocycles. The van der Waals surface area contributed by atoms with Crippen LogP contribution in [0, 0.1) is 0 Å². The summed E-state index contributed by atoms with van der Waals surface area (Å²) in [6.07, 6.45) is 1.03.